The minimum atomic E-state index is 0.385. The van der Waals surface area contributed by atoms with Crippen LogP contribution < -0.4 is 4.74 Å². The molecule has 1 aromatic heterocycles. The van der Waals surface area contributed by atoms with Crippen LogP contribution in [0, 0.1) is 18.3 Å². The van der Waals surface area contributed by atoms with E-state index in [9.17, 15) is 0 Å². The van der Waals surface area contributed by atoms with Gasteiger partial charge in [-0.15, -0.1) is 0 Å². The lowest BCUT2D eigenvalue weighted by Crippen LogP contribution is -1.98. The van der Waals surface area contributed by atoms with E-state index in [-0.39, 0.29) is 0 Å². The largest absolute Gasteiger partial charge is 0.487 e. The maximum absolute atomic E-state index is 8.55. The van der Waals surface area contributed by atoms with Gasteiger partial charge in [-0.05, 0) is 56.0 Å². The number of rotatable bonds is 9. The minimum Gasteiger partial charge on any atom is -0.487 e. The van der Waals surface area contributed by atoms with Crippen LogP contribution in [-0.2, 0) is 13.0 Å². The zero-order chi connectivity index (χ0) is 18.9. The van der Waals surface area contributed by atoms with Gasteiger partial charge in [0.1, 0.15) is 23.8 Å². The minimum absolute atomic E-state index is 0.385. The summed E-state index contributed by atoms with van der Waals surface area (Å²) in [5, 5.41) is 8.55. The van der Waals surface area contributed by atoms with E-state index < -0.39 is 0 Å². The van der Waals surface area contributed by atoms with Crippen LogP contribution in [0.4, 0.5) is 0 Å². The fourth-order valence-corrected chi connectivity index (χ4v) is 2.88. The van der Waals surface area contributed by atoms with Crippen LogP contribution >= 0.6 is 0 Å². The number of oxazole rings is 1. The number of nitriles is 1. The van der Waals surface area contributed by atoms with Crippen molar-refractivity contribution >= 4 is 0 Å². The Morgan fingerprint density at radius 1 is 1.00 bits per heavy atom. The third-order valence-corrected chi connectivity index (χ3v) is 4.47. The number of ether oxygens (including phenoxy) is 1. The maximum atomic E-state index is 8.55. The number of hydrogen-bond acceptors (Lipinski definition) is 4. The molecule has 0 N–H and O–H groups in total. The molecule has 1 heterocycles. The zero-order valence-corrected chi connectivity index (χ0v) is 15.6. The Balaban J connectivity index is 1.52. The van der Waals surface area contributed by atoms with Gasteiger partial charge in [0, 0.05) is 12.0 Å². The smallest absolute Gasteiger partial charge is 0.226 e. The molecule has 138 valence electrons. The molecule has 0 unspecified atom stereocenters. The summed E-state index contributed by atoms with van der Waals surface area (Å²) < 4.78 is 11.6. The average molecular weight is 360 g/mol. The van der Waals surface area contributed by atoms with Crippen LogP contribution in [0.3, 0.4) is 0 Å². The molecule has 0 spiro atoms. The topological polar surface area (TPSA) is 59.1 Å². The highest BCUT2D eigenvalue weighted by molar-refractivity contribution is 5.53. The molecular formula is C23H24N2O2. The molecule has 2 aromatic carbocycles. The van der Waals surface area contributed by atoms with Gasteiger partial charge in [-0.2, -0.15) is 5.26 Å². The summed E-state index contributed by atoms with van der Waals surface area (Å²) in [6.07, 6.45) is 4.89. The molecule has 0 aliphatic heterocycles. The average Bonchev–Trinajstić information content (AvgIpc) is 3.08. The summed E-state index contributed by atoms with van der Waals surface area (Å²) in [5.74, 6) is 2.23. The van der Waals surface area contributed by atoms with Crippen molar-refractivity contribution in [2.45, 2.75) is 45.6 Å². The molecule has 0 saturated carbocycles. The van der Waals surface area contributed by atoms with Crippen molar-refractivity contribution in [3.63, 3.8) is 0 Å². The predicted molar refractivity (Wildman–Crippen MR) is 105 cm³/mol. The van der Waals surface area contributed by atoms with Crippen LogP contribution in [0.25, 0.3) is 11.5 Å². The van der Waals surface area contributed by atoms with Crippen LogP contribution in [-0.4, -0.2) is 4.98 Å². The Kier molecular flexibility index (Phi) is 6.65. The Hall–Kier alpha value is -3.06. The molecule has 27 heavy (non-hydrogen) atoms. The lowest BCUT2D eigenvalue weighted by Gasteiger charge is -2.06. The Morgan fingerprint density at radius 2 is 1.78 bits per heavy atom. The van der Waals surface area contributed by atoms with Gasteiger partial charge in [-0.25, -0.2) is 4.98 Å². The van der Waals surface area contributed by atoms with E-state index in [4.69, 9.17) is 14.4 Å². The van der Waals surface area contributed by atoms with E-state index in [1.54, 1.807) is 0 Å². The van der Waals surface area contributed by atoms with Gasteiger partial charge in [0.2, 0.25) is 5.89 Å². The van der Waals surface area contributed by atoms with Crippen molar-refractivity contribution in [1.82, 2.24) is 4.98 Å². The summed E-state index contributed by atoms with van der Waals surface area (Å²) in [6, 6.07) is 20.3. The van der Waals surface area contributed by atoms with Crippen molar-refractivity contribution in [2.24, 2.45) is 0 Å². The number of hydrogen-bond donors (Lipinski definition) is 0. The standard InChI is InChI=1S/C23H24N2O2/c1-18-22(25-23(27-18)20-10-6-4-7-11-20)17-26-21-14-12-19(13-15-21)9-5-2-3-8-16-24/h4,6-7,10-15H,2-3,5,8-9,17H2,1H3. The molecule has 0 fully saturated rings. The molecule has 4 heteroatoms. The van der Waals surface area contributed by atoms with Crippen LogP contribution in [0.5, 0.6) is 5.75 Å². The van der Waals surface area contributed by atoms with E-state index in [0.717, 1.165) is 48.5 Å². The fourth-order valence-electron chi connectivity index (χ4n) is 2.88. The summed E-state index contributed by atoms with van der Waals surface area (Å²) in [6.45, 7) is 2.29. The lowest BCUT2D eigenvalue weighted by molar-refractivity contribution is 0.299. The molecular weight excluding hydrogens is 336 g/mol. The number of unbranched alkanes of at least 4 members (excludes halogenated alkanes) is 3. The first-order chi connectivity index (χ1) is 13.3. The van der Waals surface area contributed by atoms with Crippen LogP contribution in [0.2, 0.25) is 0 Å². The van der Waals surface area contributed by atoms with Crippen molar-refractivity contribution in [3.8, 4) is 23.3 Å². The molecule has 0 radical (unpaired) electrons. The Labute approximate surface area is 160 Å². The number of nitrogens with zero attached hydrogens (tertiary/aromatic N) is 2. The fraction of sp³-hybridized carbons (Fsp3) is 0.304. The highest BCUT2D eigenvalue weighted by Crippen LogP contribution is 2.23. The zero-order valence-electron chi connectivity index (χ0n) is 15.6. The highest BCUT2D eigenvalue weighted by atomic mass is 16.5. The quantitative estimate of drug-likeness (QED) is 0.449. The second-order valence-electron chi connectivity index (χ2n) is 6.54. The molecule has 0 amide bonds. The van der Waals surface area contributed by atoms with E-state index in [2.05, 4.69) is 23.2 Å². The highest BCUT2D eigenvalue weighted by Gasteiger charge is 2.11. The number of aryl methyl sites for hydroxylation is 2. The maximum Gasteiger partial charge on any atom is 0.226 e. The molecule has 3 aromatic rings. The van der Waals surface area contributed by atoms with E-state index in [1.807, 2.05) is 49.4 Å². The molecule has 0 aliphatic rings. The first-order valence-electron chi connectivity index (χ1n) is 9.36. The third-order valence-electron chi connectivity index (χ3n) is 4.47. The normalized spacial score (nSPS) is 10.5. The van der Waals surface area contributed by atoms with Crippen molar-refractivity contribution in [1.29, 1.82) is 5.26 Å². The second kappa shape index (κ2) is 9.59. The summed E-state index contributed by atoms with van der Waals surface area (Å²) in [7, 11) is 0. The Morgan fingerprint density at radius 3 is 2.52 bits per heavy atom. The van der Waals surface area contributed by atoms with Crippen molar-refractivity contribution in [3.05, 3.63) is 71.6 Å². The second-order valence-corrected chi connectivity index (χ2v) is 6.54. The summed E-state index contributed by atoms with van der Waals surface area (Å²) in [4.78, 5) is 4.56. The third kappa shape index (κ3) is 5.46. The molecule has 4 nitrogen and oxygen atoms in total. The van der Waals surface area contributed by atoms with Crippen molar-refractivity contribution in [2.75, 3.05) is 0 Å². The molecule has 3 rings (SSSR count). The van der Waals surface area contributed by atoms with Crippen LogP contribution in [0.15, 0.2) is 59.0 Å². The number of benzene rings is 2. The summed E-state index contributed by atoms with van der Waals surface area (Å²) >= 11 is 0. The van der Waals surface area contributed by atoms with Gasteiger partial charge in [0.05, 0.1) is 6.07 Å². The van der Waals surface area contributed by atoms with Gasteiger partial charge in [0.15, 0.2) is 0 Å². The van der Waals surface area contributed by atoms with E-state index in [1.165, 1.54) is 5.56 Å². The molecule has 0 bridgehead atoms. The molecule has 0 saturated heterocycles. The van der Waals surface area contributed by atoms with Gasteiger partial charge >= 0.3 is 0 Å². The first-order valence-corrected chi connectivity index (χ1v) is 9.36. The van der Waals surface area contributed by atoms with Gasteiger partial charge in [0.25, 0.3) is 0 Å². The monoisotopic (exact) mass is 360 g/mol. The van der Waals surface area contributed by atoms with Gasteiger partial charge in [-0.3, -0.25) is 0 Å². The predicted octanol–water partition coefficient (Wildman–Crippen LogP) is 5.86. The molecule has 0 aliphatic carbocycles. The first kappa shape index (κ1) is 18.7. The Bertz CT molecular complexity index is 877. The van der Waals surface area contributed by atoms with Gasteiger partial charge < -0.3 is 9.15 Å². The van der Waals surface area contributed by atoms with Crippen molar-refractivity contribution < 1.29 is 9.15 Å². The van der Waals surface area contributed by atoms with Crippen LogP contribution in [0.1, 0.15) is 42.7 Å². The van der Waals surface area contributed by atoms with Gasteiger partial charge in [-0.1, -0.05) is 36.8 Å². The summed E-state index contributed by atoms with van der Waals surface area (Å²) in [5.41, 5.74) is 3.07. The SMILES string of the molecule is Cc1oc(-c2ccccc2)nc1COc1ccc(CCCCCC#N)cc1. The van der Waals surface area contributed by atoms with E-state index in [0.29, 0.717) is 18.9 Å². The lowest BCUT2D eigenvalue weighted by atomic mass is 10.1. The molecule has 0 atom stereocenters. The number of aromatic nitrogens is 1. The van der Waals surface area contributed by atoms with E-state index >= 15 is 0 Å².